The summed E-state index contributed by atoms with van der Waals surface area (Å²) in [6.45, 7) is 3.08. The summed E-state index contributed by atoms with van der Waals surface area (Å²) in [6, 6.07) is 8.47. The molecule has 1 aromatic carbocycles. The van der Waals surface area contributed by atoms with Crippen LogP contribution >= 0.6 is 0 Å². The third-order valence-electron chi connectivity index (χ3n) is 4.63. The number of hydrogen-bond acceptors (Lipinski definition) is 5. The number of ether oxygens (including phenoxy) is 2. The van der Waals surface area contributed by atoms with Crippen LogP contribution in [0.1, 0.15) is 31.4 Å². The Hall–Kier alpha value is -2.57. The Balaban J connectivity index is 1.64. The van der Waals surface area contributed by atoms with Crippen molar-refractivity contribution >= 4 is 18.0 Å². The maximum Gasteiger partial charge on any atom is 0.408 e. The van der Waals surface area contributed by atoms with Gasteiger partial charge < -0.3 is 19.7 Å². The average Bonchev–Trinajstić information content (AvgIpc) is 3.04. The average molecular weight is 346 g/mol. The second kappa shape index (κ2) is 7.55. The molecule has 1 aromatic rings. The molecule has 2 saturated heterocycles. The zero-order valence-electron chi connectivity index (χ0n) is 14.1. The summed E-state index contributed by atoms with van der Waals surface area (Å²) in [5, 5.41) is 2.61. The molecule has 0 saturated carbocycles. The number of carbonyl (C=O) groups is 3. The predicted octanol–water partition coefficient (Wildman–Crippen LogP) is 1.64. The Labute approximate surface area is 146 Å². The predicted molar refractivity (Wildman–Crippen MR) is 88.5 cm³/mol. The van der Waals surface area contributed by atoms with Crippen LogP contribution < -0.4 is 5.32 Å². The van der Waals surface area contributed by atoms with Gasteiger partial charge in [0.25, 0.3) is 0 Å². The molecule has 134 valence electrons. The fourth-order valence-electron chi connectivity index (χ4n) is 3.31. The quantitative estimate of drug-likeness (QED) is 0.838. The number of hydrogen-bond donors (Lipinski definition) is 1. The highest BCUT2D eigenvalue weighted by Gasteiger charge is 2.43. The monoisotopic (exact) mass is 346 g/mol. The van der Waals surface area contributed by atoms with Crippen LogP contribution in [0, 0.1) is 5.92 Å². The van der Waals surface area contributed by atoms with Gasteiger partial charge in [0.05, 0.1) is 12.5 Å². The summed E-state index contributed by atoms with van der Waals surface area (Å²) in [5.41, 5.74) is 0.778. The number of nitrogens with one attached hydrogen (secondary N) is 1. The van der Waals surface area contributed by atoms with Crippen molar-refractivity contribution in [2.45, 2.75) is 31.9 Å². The summed E-state index contributed by atoms with van der Waals surface area (Å²) in [7, 11) is 0. The summed E-state index contributed by atoms with van der Waals surface area (Å²) in [4.78, 5) is 38.0. The topological polar surface area (TPSA) is 84.9 Å². The van der Waals surface area contributed by atoms with E-state index in [2.05, 4.69) is 5.32 Å². The molecule has 0 spiro atoms. The van der Waals surface area contributed by atoms with Gasteiger partial charge in [0, 0.05) is 13.1 Å². The Bertz CT molecular complexity index is 640. The van der Waals surface area contributed by atoms with E-state index >= 15 is 0 Å². The minimum absolute atomic E-state index is 0.164. The van der Waals surface area contributed by atoms with E-state index in [0.717, 1.165) is 5.56 Å². The zero-order chi connectivity index (χ0) is 17.8. The van der Waals surface area contributed by atoms with Crippen LogP contribution in [0.2, 0.25) is 0 Å². The highest BCUT2D eigenvalue weighted by Crippen LogP contribution is 2.29. The SMILES string of the molecule is CCOC(=O)C1CCN(C(=O)C2NC(=O)OC2c2ccccc2)CC1. The number of cyclic esters (lactones) is 1. The lowest BCUT2D eigenvalue weighted by atomic mass is 9.95. The molecule has 2 atom stereocenters. The summed E-state index contributed by atoms with van der Waals surface area (Å²) < 4.78 is 10.3. The van der Waals surface area contributed by atoms with Gasteiger partial charge in [-0.25, -0.2) is 4.79 Å². The van der Waals surface area contributed by atoms with Gasteiger partial charge in [0.1, 0.15) is 0 Å². The van der Waals surface area contributed by atoms with Gasteiger partial charge in [-0.3, -0.25) is 9.59 Å². The minimum atomic E-state index is -0.742. The van der Waals surface area contributed by atoms with E-state index < -0.39 is 18.2 Å². The normalized spacial score (nSPS) is 23.7. The third-order valence-corrected chi connectivity index (χ3v) is 4.63. The van der Waals surface area contributed by atoms with Crippen molar-refractivity contribution in [3.8, 4) is 0 Å². The maximum atomic E-state index is 12.8. The van der Waals surface area contributed by atoms with E-state index in [1.54, 1.807) is 11.8 Å². The van der Waals surface area contributed by atoms with Gasteiger partial charge in [-0.2, -0.15) is 0 Å². The van der Waals surface area contributed by atoms with Crippen molar-refractivity contribution in [1.82, 2.24) is 10.2 Å². The fourth-order valence-corrected chi connectivity index (χ4v) is 3.31. The number of esters is 1. The molecule has 7 nitrogen and oxygen atoms in total. The lowest BCUT2D eigenvalue weighted by molar-refractivity contribution is -0.151. The van der Waals surface area contributed by atoms with Gasteiger partial charge in [0.2, 0.25) is 5.91 Å². The van der Waals surface area contributed by atoms with Crippen molar-refractivity contribution < 1.29 is 23.9 Å². The van der Waals surface area contributed by atoms with E-state index in [-0.39, 0.29) is 17.8 Å². The van der Waals surface area contributed by atoms with Gasteiger partial charge >= 0.3 is 12.1 Å². The number of carbonyl (C=O) groups excluding carboxylic acids is 3. The lowest BCUT2D eigenvalue weighted by Crippen LogP contribution is -2.49. The number of rotatable bonds is 4. The van der Waals surface area contributed by atoms with Gasteiger partial charge in [-0.1, -0.05) is 30.3 Å². The Morgan fingerprint density at radius 2 is 1.92 bits per heavy atom. The van der Waals surface area contributed by atoms with E-state index in [0.29, 0.717) is 32.5 Å². The first-order valence-electron chi connectivity index (χ1n) is 8.57. The summed E-state index contributed by atoms with van der Waals surface area (Å²) in [5.74, 6) is -0.542. The van der Waals surface area contributed by atoms with Crippen LogP contribution in [0.3, 0.4) is 0 Å². The summed E-state index contributed by atoms with van der Waals surface area (Å²) in [6.07, 6.45) is -0.0814. The fraction of sp³-hybridized carbons (Fsp3) is 0.500. The Kier molecular flexibility index (Phi) is 5.21. The molecule has 2 fully saturated rings. The van der Waals surface area contributed by atoms with Crippen LogP contribution in [0.25, 0.3) is 0 Å². The molecule has 0 aliphatic carbocycles. The molecule has 2 amide bonds. The van der Waals surface area contributed by atoms with Gasteiger partial charge in [-0.15, -0.1) is 0 Å². The molecular weight excluding hydrogens is 324 g/mol. The molecule has 7 heteroatoms. The van der Waals surface area contributed by atoms with Crippen molar-refractivity contribution in [3.05, 3.63) is 35.9 Å². The van der Waals surface area contributed by atoms with E-state index in [9.17, 15) is 14.4 Å². The second-order valence-corrected chi connectivity index (χ2v) is 6.21. The molecule has 25 heavy (non-hydrogen) atoms. The van der Waals surface area contributed by atoms with E-state index in [4.69, 9.17) is 9.47 Å². The van der Waals surface area contributed by atoms with Crippen LogP contribution in [0.5, 0.6) is 0 Å². The van der Waals surface area contributed by atoms with E-state index in [1.165, 1.54) is 0 Å². The molecule has 2 unspecified atom stereocenters. The van der Waals surface area contributed by atoms with Crippen LogP contribution in [0.15, 0.2) is 30.3 Å². The highest BCUT2D eigenvalue weighted by atomic mass is 16.6. The number of alkyl carbamates (subject to hydrolysis) is 1. The van der Waals surface area contributed by atoms with Crippen LogP contribution in [-0.2, 0) is 19.1 Å². The van der Waals surface area contributed by atoms with Gasteiger partial charge in [-0.05, 0) is 25.3 Å². The largest absolute Gasteiger partial charge is 0.466 e. The van der Waals surface area contributed by atoms with Crippen molar-refractivity contribution in [2.75, 3.05) is 19.7 Å². The third kappa shape index (κ3) is 3.75. The Morgan fingerprint density at radius 1 is 1.24 bits per heavy atom. The number of amides is 2. The van der Waals surface area contributed by atoms with Crippen molar-refractivity contribution in [3.63, 3.8) is 0 Å². The summed E-state index contributed by atoms with van der Waals surface area (Å²) >= 11 is 0. The van der Waals surface area contributed by atoms with Crippen LogP contribution in [0.4, 0.5) is 4.79 Å². The molecule has 2 heterocycles. The first-order valence-corrected chi connectivity index (χ1v) is 8.57. The Morgan fingerprint density at radius 3 is 2.56 bits per heavy atom. The molecule has 0 aromatic heterocycles. The first-order chi connectivity index (χ1) is 12.1. The zero-order valence-corrected chi connectivity index (χ0v) is 14.1. The first kappa shape index (κ1) is 17.3. The second-order valence-electron chi connectivity index (χ2n) is 6.21. The maximum absolute atomic E-state index is 12.8. The molecule has 2 aliphatic rings. The van der Waals surface area contributed by atoms with Crippen molar-refractivity contribution in [1.29, 1.82) is 0 Å². The number of piperidine rings is 1. The molecule has 2 aliphatic heterocycles. The molecule has 0 radical (unpaired) electrons. The lowest BCUT2D eigenvalue weighted by Gasteiger charge is -2.33. The standard InChI is InChI=1S/C18H22N2O5/c1-2-24-17(22)13-8-10-20(11-9-13)16(21)14-15(25-18(23)19-14)12-6-4-3-5-7-12/h3-7,13-15H,2,8-11H2,1H3,(H,19,23). The van der Waals surface area contributed by atoms with Gasteiger partial charge in [0.15, 0.2) is 12.1 Å². The smallest absolute Gasteiger partial charge is 0.408 e. The van der Waals surface area contributed by atoms with E-state index in [1.807, 2.05) is 30.3 Å². The minimum Gasteiger partial charge on any atom is -0.466 e. The highest BCUT2D eigenvalue weighted by molar-refractivity contribution is 5.89. The number of likely N-dealkylation sites (tertiary alicyclic amines) is 1. The molecule has 1 N–H and O–H groups in total. The van der Waals surface area contributed by atoms with Crippen LogP contribution in [-0.4, -0.2) is 48.6 Å². The van der Waals surface area contributed by atoms with Crippen molar-refractivity contribution in [2.24, 2.45) is 5.92 Å². The molecule has 0 bridgehead atoms. The number of nitrogens with zero attached hydrogens (tertiary/aromatic N) is 1. The number of benzene rings is 1. The molecular formula is C18H22N2O5. The molecule has 3 rings (SSSR count).